The lowest BCUT2D eigenvalue weighted by molar-refractivity contribution is -0.138. The number of benzene rings is 4. The van der Waals surface area contributed by atoms with Crippen molar-refractivity contribution in [1.29, 1.82) is 0 Å². The largest absolute Gasteiger partial charge is 0.416 e. The van der Waals surface area contributed by atoms with Gasteiger partial charge < -0.3 is 0 Å². The summed E-state index contributed by atoms with van der Waals surface area (Å²) in [5.41, 5.74) is 0.537. The second-order valence-electron chi connectivity index (χ2n) is 11.1. The molecule has 0 aliphatic heterocycles. The molecule has 44 heavy (non-hydrogen) atoms. The first-order valence-electron chi connectivity index (χ1n) is 14.1. The van der Waals surface area contributed by atoms with Crippen LogP contribution in [-0.4, -0.2) is 11.6 Å². The van der Waals surface area contributed by atoms with Crippen LogP contribution >= 0.6 is 0 Å². The van der Waals surface area contributed by atoms with E-state index >= 15 is 0 Å². The Morgan fingerprint density at radius 1 is 0.523 bits per heavy atom. The summed E-state index contributed by atoms with van der Waals surface area (Å²) in [5.74, 6) is -3.53. The molecule has 1 aliphatic rings. The van der Waals surface area contributed by atoms with Gasteiger partial charge >= 0.3 is 12.4 Å². The van der Waals surface area contributed by atoms with Crippen molar-refractivity contribution in [1.82, 2.24) is 0 Å². The number of alkyl halides is 6. The van der Waals surface area contributed by atoms with Crippen LogP contribution in [0.3, 0.4) is 0 Å². The second-order valence-corrected chi connectivity index (χ2v) is 11.1. The highest BCUT2D eigenvalue weighted by atomic mass is 19.4. The molecular weight excluding hydrogens is 578 g/mol. The van der Waals surface area contributed by atoms with E-state index in [9.17, 15) is 35.9 Å². The van der Waals surface area contributed by atoms with E-state index in [0.29, 0.717) is 33.4 Å². The Kier molecular flexibility index (Phi) is 8.38. The molecular formula is C36H28F6O2. The molecule has 4 aromatic carbocycles. The Balaban J connectivity index is 1.79. The fourth-order valence-corrected chi connectivity index (χ4v) is 6.36. The van der Waals surface area contributed by atoms with E-state index in [0.717, 1.165) is 24.3 Å². The van der Waals surface area contributed by atoms with Gasteiger partial charge in [0.05, 0.1) is 17.0 Å². The zero-order valence-electron chi connectivity index (χ0n) is 23.8. The summed E-state index contributed by atoms with van der Waals surface area (Å²) >= 11 is 0. The number of halogens is 6. The molecule has 0 heterocycles. The minimum atomic E-state index is -4.59. The molecule has 4 aromatic rings. The average Bonchev–Trinajstić information content (AvgIpc) is 3.00. The van der Waals surface area contributed by atoms with E-state index in [1.807, 2.05) is 0 Å². The number of ketones is 2. The minimum Gasteiger partial charge on any atom is -0.294 e. The second kappa shape index (κ2) is 11.9. The first kappa shape index (κ1) is 31.0. The van der Waals surface area contributed by atoms with E-state index in [-0.39, 0.29) is 11.6 Å². The lowest BCUT2D eigenvalue weighted by Crippen LogP contribution is -2.41. The van der Waals surface area contributed by atoms with Crippen LogP contribution in [0.25, 0.3) is 11.1 Å². The van der Waals surface area contributed by atoms with Crippen LogP contribution in [0.15, 0.2) is 109 Å². The number of carbonyl (C=O) groups excluding carboxylic acids is 2. The molecule has 1 aliphatic carbocycles. The van der Waals surface area contributed by atoms with Crippen molar-refractivity contribution in [3.63, 3.8) is 0 Å². The van der Waals surface area contributed by atoms with Crippen molar-refractivity contribution in [2.45, 2.75) is 26.2 Å². The van der Waals surface area contributed by atoms with Gasteiger partial charge in [-0.05, 0) is 58.4 Å². The van der Waals surface area contributed by atoms with E-state index in [1.165, 1.54) is 24.3 Å². The molecule has 0 bridgehead atoms. The molecule has 0 saturated heterocycles. The van der Waals surface area contributed by atoms with Crippen molar-refractivity contribution < 1.29 is 35.9 Å². The first-order valence-corrected chi connectivity index (χ1v) is 14.1. The maximum atomic E-state index is 14.3. The molecule has 0 fully saturated rings. The van der Waals surface area contributed by atoms with Gasteiger partial charge in [-0.25, -0.2) is 0 Å². The molecule has 226 valence electrons. The van der Waals surface area contributed by atoms with Gasteiger partial charge in [0.2, 0.25) is 0 Å². The van der Waals surface area contributed by atoms with Crippen LogP contribution < -0.4 is 0 Å². The van der Waals surface area contributed by atoms with Gasteiger partial charge in [0.1, 0.15) is 0 Å². The van der Waals surface area contributed by atoms with Crippen molar-refractivity contribution >= 4 is 22.7 Å². The van der Waals surface area contributed by atoms with Crippen molar-refractivity contribution in [2.24, 2.45) is 23.7 Å². The van der Waals surface area contributed by atoms with Crippen LogP contribution in [0.2, 0.25) is 0 Å². The molecule has 8 heteroatoms. The third kappa shape index (κ3) is 5.98. The molecule has 0 unspecified atom stereocenters. The monoisotopic (exact) mass is 606 g/mol. The number of allylic oxidation sites excluding steroid dienone is 2. The highest BCUT2D eigenvalue weighted by Gasteiger charge is 2.47. The van der Waals surface area contributed by atoms with Gasteiger partial charge in [-0.3, -0.25) is 9.59 Å². The van der Waals surface area contributed by atoms with E-state index in [1.54, 1.807) is 74.5 Å². The van der Waals surface area contributed by atoms with Crippen LogP contribution in [0.1, 0.15) is 56.8 Å². The molecule has 0 N–H and O–H groups in total. The Bertz CT molecular complexity index is 1670. The molecule has 4 atom stereocenters. The summed E-state index contributed by atoms with van der Waals surface area (Å²) in [6.07, 6.45) is -9.18. The number of Topliss-reactive ketones (excluding diaryl/α,β-unsaturated/α-hetero) is 2. The molecule has 2 nitrogen and oxygen atoms in total. The third-order valence-corrected chi connectivity index (χ3v) is 8.44. The van der Waals surface area contributed by atoms with Gasteiger partial charge in [0.25, 0.3) is 0 Å². The van der Waals surface area contributed by atoms with Crippen LogP contribution in [0, 0.1) is 23.7 Å². The quantitative estimate of drug-likeness (QED) is 0.162. The molecule has 0 radical (unpaired) electrons. The Hall–Kier alpha value is -4.46. The SMILES string of the molecule is C[C@@H]1[C@@H](C(=O)c2ccccc2)C(c2ccc(C(F)(F)F)cc2)=C(c2ccc(C(F)(F)F)cc2)[C@H](C)[C@@H]1C(=O)c1ccccc1. The molecule has 0 amide bonds. The predicted molar refractivity (Wildman–Crippen MR) is 157 cm³/mol. The Morgan fingerprint density at radius 3 is 1.32 bits per heavy atom. The standard InChI is InChI=1S/C36H28F6O2/c1-21-29(33(43)25-9-5-3-6-10-25)22(2)31(34(44)26-11-7-4-8-12-26)32(24-15-19-28(20-16-24)36(40,41)42)30(21)23-13-17-27(18-14-23)35(37,38)39/h3-22,29,31H,1-2H3/t21-,22+,29+,31-/m1/s1. The number of hydrogen-bond donors (Lipinski definition) is 0. The van der Waals surface area contributed by atoms with E-state index in [2.05, 4.69) is 0 Å². The highest BCUT2D eigenvalue weighted by molar-refractivity contribution is 6.12. The summed E-state index contributed by atoms with van der Waals surface area (Å²) in [6.45, 7) is 3.56. The summed E-state index contributed by atoms with van der Waals surface area (Å²) in [5, 5.41) is 0. The van der Waals surface area contributed by atoms with Gasteiger partial charge in [0.15, 0.2) is 11.6 Å². The van der Waals surface area contributed by atoms with Gasteiger partial charge in [0, 0.05) is 17.0 Å². The van der Waals surface area contributed by atoms with Gasteiger partial charge in [-0.15, -0.1) is 0 Å². The first-order chi connectivity index (χ1) is 20.8. The third-order valence-electron chi connectivity index (χ3n) is 8.44. The van der Waals surface area contributed by atoms with Crippen LogP contribution in [0.5, 0.6) is 0 Å². The molecule has 0 aromatic heterocycles. The molecule has 0 saturated carbocycles. The maximum absolute atomic E-state index is 14.3. The van der Waals surface area contributed by atoms with Gasteiger partial charge in [-0.1, -0.05) is 98.8 Å². The lowest BCUT2D eigenvalue weighted by atomic mass is 9.59. The molecule has 5 rings (SSSR count). The summed E-state index contributed by atoms with van der Waals surface area (Å²) < 4.78 is 80.9. The Labute approximate surface area is 251 Å². The fourth-order valence-electron chi connectivity index (χ4n) is 6.36. The van der Waals surface area contributed by atoms with Crippen molar-refractivity contribution in [3.05, 3.63) is 143 Å². The highest BCUT2D eigenvalue weighted by Crippen LogP contribution is 2.52. The Morgan fingerprint density at radius 2 is 0.909 bits per heavy atom. The maximum Gasteiger partial charge on any atom is 0.416 e. The zero-order chi connectivity index (χ0) is 31.8. The van der Waals surface area contributed by atoms with E-state index < -0.39 is 47.2 Å². The van der Waals surface area contributed by atoms with Crippen LogP contribution in [0.4, 0.5) is 26.3 Å². The average molecular weight is 607 g/mol. The summed E-state index contributed by atoms with van der Waals surface area (Å²) in [4.78, 5) is 28.4. The predicted octanol–water partition coefficient (Wildman–Crippen LogP) is 9.92. The number of rotatable bonds is 6. The van der Waals surface area contributed by atoms with Crippen molar-refractivity contribution in [2.75, 3.05) is 0 Å². The van der Waals surface area contributed by atoms with Gasteiger partial charge in [-0.2, -0.15) is 26.3 Å². The fraction of sp³-hybridized carbons (Fsp3) is 0.222. The summed E-state index contributed by atoms with van der Waals surface area (Å²) in [7, 11) is 0. The number of carbonyl (C=O) groups is 2. The normalized spacial score (nSPS) is 20.8. The number of hydrogen-bond acceptors (Lipinski definition) is 2. The molecule has 0 spiro atoms. The van der Waals surface area contributed by atoms with Crippen molar-refractivity contribution in [3.8, 4) is 0 Å². The van der Waals surface area contributed by atoms with Crippen LogP contribution in [-0.2, 0) is 12.4 Å². The minimum absolute atomic E-state index is 0.229. The summed E-state index contributed by atoms with van der Waals surface area (Å²) in [6, 6.07) is 25.8. The lowest BCUT2D eigenvalue weighted by Gasteiger charge is -2.43. The topological polar surface area (TPSA) is 34.1 Å². The smallest absolute Gasteiger partial charge is 0.294 e. The zero-order valence-corrected chi connectivity index (χ0v) is 23.8. The van der Waals surface area contributed by atoms with E-state index in [4.69, 9.17) is 0 Å².